The van der Waals surface area contributed by atoms with E-state index in [1.807, 2.05) is 0 Å². The van der Waals surface area contributed by atoms with E-state index < -0.39 is 0 Å². The number of anilines is 2. The molecule has 1 aromatic heterocycles. The molecule has 1 heterocycles. The molecule has 6 heteroatoms. The van der Waals surface area contributed by atoms with Gasteiger partial charge in [-0.1, -0.05) is 31.2 Å². The zero-order valence-electron chi connectivity index (χ0n) is 14.1. The Balaban J connectivity index is 1.74. The predicted octanol–water partition coefficient (Wildman–Crippen LogP) is 5.16. The van der Waals surface area contributed by atoms with E-state index >= 15 is 0 Å². The minimum absolute atomic E-state index is 0.0961. The van der Waals surface area contributed by atoms with Crippen LogP contribution in [0, 0.1) is 5.82 Å². The average molecular weight is 368 g/mol. The first kappa shape index (κ1) is 17.8. The van der Waals surface area contributed by atoms with Crippen molar-refractivity contribution in [2.75, 3.05) is 10.6 Å². The van der Waals surface area contributed by atoms with Crippen molar-refractivity contribution in [3.8, 4) is 10.4 Å². The van der Waals surface area contributed by atoms with Crippen molar-refractivity contribution in [3.05, 3.63) is 71.4 Å². The van der Waals surface area contributed by atoms with E-state index in [0.717, 1.165) is 0 Å². The van der Waals surface area contributed by atoms with Crippen molar-refractivity contribution in [1.29, 1.82) is 0 Å². The van der Waals surface area contributed by atoms with Crippen LogP contribution in [0.15, 0.2) is 60.7 Å². The normalized spacial score (nSPS) is 10.4. The highest BCUT2D eigenvalue weighted by atomic mass is 32.1. The van der Waals surface area contributed by atoms with Gasteiger partial charge in [-0.15, -0.1) is 11.3 Å². The van der Waals surface area contributed by atoms with Crippen LogP contribution in [0.2, 0.25) is 0 Å². The number of nitrogens with one attached hydrogen (secondary N) is 2. The molecule has 4 nitrogen and oxygen atoms in total. The van der Waals surface area contributed by atoms with Gasteiger partial charge in [0, 0.05) is 28.2 Å². The Labute approximate surface area is 154 Å². The molecule has 0 atom stereocenters. The van der Waals surface area contributed by atoms with Crippen LogP contribution in [-0.4, -0.2) is 11.8 Å². The number of benzene rings is 2. The highest BCUT2D eigenvalue weighted by Crippen LogP contribution is 2.30. The summed E-state index contributed by atoms with van der Waals surface area (Å²) in [5.41, 5.74) is 1.67. The lowest BCUT2D eigenvalue weighted by atomic mass is 10.2. The summed E-state index contributed by atoms with van der Waals surface area (Å²) in [5, 5.41) is 5.54. The van der Waals surface area contributed by atoms with Crippen LogP contribution in [0.25, 0.3) is 10.4 Å². The van der Waals surface area contributed by atoms with Crippen molar-refractivity contribution >= 4 is 34.5 Å². The fourth-order valence-electron chi connectivity index (χ4n) is 2.38. The Hall–Kier alpha value is -2.99. The van der Waals surface area contributed by atoms with E-state index in [1.54, 1.807) is 61.5 Å². The minimum Gasteiger partial charge on any atom is -0.326 e. The highest BCUT2D eigenvalue weighted by molar-refractivity contribution is 7.17. The maximum Gasteiger partial charge on any atom is 0.265 e. The molecule has 0 spiro atoms. The number of thiophene rings is 1. The quantitative estimate of drug-likeness (QED) is 0.654. The number of halogens is 1. The fraction of sp³-hybridized carbons (Fsp3) is 0.100. The van der Waals surface area contributed by atoms with Gasteiger partial charge >= 0.3 is 0 Å². The van der Waals surface area contributed by atoms with Crippen molar-refractivity contribution in [1.82, 2.24) is 0 Å². The molecule has 0 radical (unpaired) electrons. The Kier molecular flexibility index (Phi) is 5.43. The van der Waals surface area contributed by atoms with Crippen LogP contribution in [0.4, 0.5) is 15.8 Å². The van der Waals surface area contributed by atoms with Gasteiger partial charge in [-0.05, 0) is 36.4 Å². The summed E-state index contributed by atoms with van der Waals surface area (Å²) >= 11 is 1.22. The molecule has 0 bridgehead atoms. The van der Waals surface area contributed by atoms with Crippen molar-refractivity contribution in [3.63, 3.8) is 0 Å². The van der Waals surface area contributed by atoms with Crippen LogP contribution < -0.4 is 10.6 Å². The zero-order chi connectivity index (χ0) is 18.5. The average Bonchev–Trinajstić information content (AvgIpc) is 3.12. The minimum atomic E-state index is -0.319. The number of carbonyl (C=O) groups excluding carboxylic acids is 2. The third-order valence-electron chi connectivity index (χ3n) is 3.69. The van der Waals surface area contributed by atoms with Crippen LogP contribution >= 0.6 is 11.3 Å². The standard InChI is InChI=1S/C20H17FN2O2S/c1-2-19(24)22-13-6-5-7-14(12-13)23-20(25)18-11-10-17(26-18)15-8-3-4-9-16(15)21/h3-12H,2H2,1H3,(H,22,24)(H,23,25). The maximum atomic E-state index is 13.9. The summed E-state index contributed by atoms with van der Waals surface area (Å²) < 4.78 is 13.9. The molecule has 0 saturated heterocycles. The molecular formula is C20H17FN2O2S. The molecule has 0 aliphatic rings. The first-order valence-electron chi connectivity index (χ1n) is 8.13. The van der Waals surface area contributed by atoms with E-state index in [1.165, 1.54) is 17.4 Å². The Morgan fingerprint density at radius 2 is 1.69 bits per heavy atom. The Morgan fingerprint density at radius 3 is 2.42 bits per heavy atom. The van der Waals surface area contributed by atoms with Gasteiger partial charge in [0.15, 0.2) is 0 Å². The first-order chi connectivity index (χ1) is 12.6. The molecule has 26 heavy (non-hydrogen) atoms. The number of rotatable bonds is 5. The summed E-state index contributed by atoms with van der Waals surface area (Å²) in [7, 11) is 0. The van der Waals surface area contributed by atoms with Crippen LogP contribution in [0.1, 0.15) is 23.0 Å². The van der Waals surface area contributed by atoms with E-state index in [-0.39, 0.29) is 17.6 Å². The molecule has 2 N–H and O–H groups in total. The van der Waals surface area contributed by atoms with Gasteiger partial charge in [-0.2, -0.15) is 0 Å². The van der Waals surface area contributed by atoms with Gasteiger partial charge in [-0.3, -0.25) is 9.59 Å². The molecule has 2 amide bonds. The van der Waals surface area contributed by atoms with E-state index in [4.69, 9.17) is 0 Å². The monoisotopic (exact) mass is 368 g/mol. The van der Waals surface area contributed by atoms with Crippen molar-refractivity contribution in [2.45, 2.75) is 13.3 Å². The maximum absolute atomic E-state index is 13.9. The largest absolute Gasteiger partial charge is 0.326 e. The summed E-state index contributed by atoms with van der Waals surface area (Å²) in [6, 6.07) is 16.8. The molecule has 0 aliphatic carbocycles. The molecule has 0 fully saturated rings. The number of hydrogen-bond acceptors (Lipinski definition) is 3. The topological polar surface area (TPSA) is 58.2 Å². The first-order valence-corrected chi connectivity index (χ1v) is 8.94. The van der Waals surface area contributed by atoms with E-state index in [0.29, 0.717) is 33.1 Å². The highest BCUT2D eigenvalue weighted by Gasteiger charge is 2.13. The van der Waals surface area contributed by atoms with E-state index in [2.05, 4.69) is 10.6 Å². The van der Waals surface area contributed by atoms with Crippen LogP contribution in [-0.2, 0) is 4.79 Å². The SMILES string of the molecule is CCC(=O)Nc1cccc(NC(=O)c2ccc(-c3ccccc3F)s2)c1. The molecule has 0 unspecified atom stereocenters. The summed E-state index contributed by atoms with van der Waals surface area (Å²) in [5.74, 6) is -0.696. The third kappa shape index (κ3) is 4.15. The second kappa shape index (κ2) is 7.93. The molecule has 3 rings (SSSR count). The fourth-order valence-corrected chi connectivity index (χ4v) is 3.31. The second-order valence-electron chi connectivity index (χ2n) is 5.58. The van der Waals surface area contributed by atoms with Gasteiger partial charge < -0.3 is 10.6 Å². The molecule has 2 aromatic carbocycles. The van der Waals surface area contributed by atoms with Gasteiger partial charge in [-0.25, -0.2) is 4.39 Å². The van der Waals surface area contributed by atoms with Gasteiger partial charge in [0.25, 0.3) is 5.91 Å². The van der Waals surface area contributed by atoms with Gasteiger partial charge in [0.05, 0.1) is 4.88 Å². The molecule has 3 aromatic rings. The van der Waals surface area contributed by atoms with Crippen molar-refractivity contribution in [2.24, 2.45) is 0 Å². The van der Waals surface area contributed by atoms with E-state index in [9.17, 15) is 14.0 Å². The lowest BCUT2D eigenvalue weighted by Gasteiger charge is -2.07. The summed E-state index contributed by atoms with van der Waals surface area (Å²) in [6.07, 6.45) is 0.380. The van der Waals surface area contributed by atoms with Crippen molar-refractivity contribution < 1.29 is 14.0 Å². The number of hydrogen-bond donors (Lipinski definition) is 2. The molecule has 132 valence electrons. The molecule has 0 aliphatic heterocycles. The number of amides is 2. The smallest absolute Gasteiger partial charge is 0.265 e. The van der Waals surface area contributed by atoms with Gasteiger partial charge in [0.2, 0.25) is 5.91 Å². The third-order valence-corrected chi connectivity index (χ3v) is 4.81. The number of carbonyl (C=O) groups is 2. The van der Waals surface area contributed by atoms with Crippen LogP contribution in [0.3, 0.4) is 0 Å². The predicted molar refractivity (Wildman–Crippen MR) is 103 cm³/mol. The zero-order valence-corrected chi connectivity index (χ0v) is 14.9. The van der Waals surface area contributed by atoms with Crippen LogP contribution in [0.5, 0.6) is 0 Å². The van der Waals surface area contributed by atoms with Gasteiger partial charge in [0.1, 0.15) is 5.82 Å². The summed E-state index contributed by atoms with van der Waals surface area (Å²) in [4.78, 5) is 25.1. The Bertz CT molecular complexity index is 952. The molecule has 0 saturated carbocycles. The Morgan fingerprint density at radius 1 is 0.962 bits per heavy atom. The lowest BCUT2D eigenvalue weighted by molar-refractivity contribution is -0.115. The second-order valence-corrected chi connectivity index (χ2v) is 6.66. The lowest BCUT2D eigenvalue weighted by Crippen LogP contribution is -2.12. The molecular weight excluding hydrogens is 351 g/mol. The summed E-state index contributed by atoms with van der Waals surface area (Å²) in [6.45, 7) is 1.77.